The summed E-state index contributed by atoms with van der Waals surface area (Å²) in [5.41, 5.74) is 20.3. The number of rotatable bonds is 7. The lowest BCUT2D eigenvalue weighted by atomic mass is 9.67. The third-order valence-corrected chi connectivity index (χ3v) is 14.9. The van der Waals surface area contributed by atoms with Gasteiger partial charge in [0.15, 0.2) is 0 Å². The molecule has 0 N–H and O–H groups in total. The van der Waals surface area contributed by atoms with Crippen LogP contribution >= 0.6 is 0 Å². The van der Waals surface area contributed by atoms with Gasteiger partial charge < -0.3 is 9.47 Å². The summed E-state index contributed by atoms with van der Waals surface area (Å²) in [6, 6.07) is 81.3. The second-order valence-electron chi connectivity index (χ2n) is 18.0. The van der Waals surface area contributed by atoms with E-state index in [1.165, 1.54) is 103 Å². The first kappa shape index (κ1) is 36.3. The van der Waals surface area contributed by atoms with Crippen molar-refractivity contribution in [2.75, 3.05) is 4.90 Å². The number of hydrogen-bond acceptors (Lipinski definition) is 1. The molecular weight excluding hydrogens is 761 g/mol. The maximum absolute atomic E-state index is 2.54. The van der Waals surface area contributed by atoms with Gasteiger partial charge in [0.2, 0.25) is 0 Å². The van der Waals surface area contributed by atoms with Crippen LogP contribution in [0.15, 0.2) is 218 Å². The molecule has 13 rings (SSSR count). The van der Waals surface area contributed by atoms with E-state index in [1.807, 2.05) is 0 Å². The summed E-state index contributed by atoms with van der Waals surface area (Å²) < 4.78 is 2.44. The molecule has 0 saturated heterocycles. The summed E-state index contributed by atoms with van der Waals surface area (Å²) >= 11 is 0. The SMILES string of the molecule is c1ccc(-c2ccccc2-c2ccccc2-c2ccccc2N(c2ccc3c(c2)-c2ccccc2C32CC3CCC2C3)c2ccc3c4ccccc4n(-c4ccccc4)c3c2)cc1. The summed E-state index contributed by atoms with van der Waals surface area (Å²) in [6.45, 7) is 0. The zero-order chi connectivity index (χ0) is 41.5. The minimum Gasteiger partial charge on any atom is -0.310 e. The first-order chi connectivity index (χ1) is 31.2. The van der Waals surface area contributed by atoms with Crippen LogP contribution in [0.2, 0.25) is 0 Å². The smallest absolute Gasteiger partial charge is 0.0561 e. The first-order valence-electron chi connectivity index (χ1n) is 22.7. The van der Waals surface area contributed by atoms with Gasteiger partial charge in [-0.25, -0.2) is 0 Å². The fraction of sp³-hybridized carbons (Fsp3) is 0.115. The van der Waals surface area contributed by atoms with Crippen LogP contribution in [0.3, 0.4) is 0 Å². The minimum absolute atomic E-state index is 0.122. The lowest BCUT2D eigenvalue weighted by Crippen LogP contribution is -2.31. The van der Waals surface area contributed by atoms with E-state index < -0.39 is 0 Å². The summed E-state index contributed by atoms with van der Waals surface area (Å²) in [4.78, 5) is 2.54. The number of nitrogens with zero attached hydrogens (tertiary/aromatic N) is 2. The molecular formula is C61H46N2. The van der Waals surface area contributed by atoms with Crippen molar-refractivity contribution in [2.45, 2.75) is 31.1 Å². The van der Waals surface area contributed by atoms with Crippen LogP contribution in [0.25, 0.3) is 72.0 Å². The highest BCUT2D eigenvalue weighted by Gasteiger charge is 2.56. The van der Waals surface area contributed by atoms with E-state index in [4.69, 9.17) is 0 Å². The molecule has 2 saturated carbocycles. The molecule has 2 nitrogen and oxygen atoms in total. The van der Waals surface area contributed by atoms with Crippen molar-refractivity contribution in [3.63, 3.8) is 0 Å². The molecule has 2 fully saturated rings. The second kappa shape index (κ2) is 14.3. The van der Waals surface area contributed by atoms with Crippen molar-refractivity contribution in [1.82, 2.24) is 4.57 Å². The first-order valence-corrected chi connectivity index (χ1v) is 22.7. The molecule has 63 heavy (non-hydrogen) atoms. The fourth-order valence-corrected chi connectivity index (χ4v) is 12.3. The minimum atomic E-state index is 0.122. The van der Waals surface area contributed by atoms with Crippen LogP contribution in [0.1, 0.15) is 36.8 Å². The summed E-state index contributed by atoms with van der Waals surface area (Å²) in [7, 11) is 0. The molecule has 0 aliphatic heterocycles. The molecule has 3 atom stereocenters. The van der Waals surface area contributed by atoms with Crippen LogP contribution in [-0.2, 0) is 5.41 Å². The Hall–Kier alpha value is -7.42. The molecule has 1 spiro atoms. The largest absolute Gasteiger partial charge is 0.310 e. The molecule has 3 unspecified atom stereocenters. The fourth-order valence-electron chi connectivity index (χ4n) is 12.3. The number of benzene rings is 9. The highest BCUT2D eigenvalue weighted by Crippen LogP contribution is 2.66. The molecule has 9 aromatic carbocycles. The summed E-state index contributed by atoms with van der Waals surface area (Å²) in [5, 5.41) is 2.50. The van der Waals surface area contributed by atoms with Crippen LogP contribution in [0, 0.1) is 11.8 Å². The average Bonchev–Trinajstić information content (AvgIpc) is 4.13. The Morgan fingerprint density at radius 3 is 1.75 bits per heavy atom. The predicted molar refractivity (Wildman–Crippen MR) is 263 cm³/mol. The topological polar surface area (TPSA) is 8.17 Å². The van der Waals surface area contributed by atoms with Gasteiger partial charge in [-0.3, -0.25) is 0 Å². The maximum Gasteiger partial charge on any atom is 0.0561 e. The van der Waals surface area contributed by atoms with Gasteiger partial charge in [0.05, 0.1) is 16.7 Å². The van der Waals surface area contributed by atoms with Crippen molar-refractivity contribution in [3.8, 4) is 50.2 Å². The molecule has 3 aliphatic carbocycles. The van der Waals surface area contributed by atoms with Crippen molar-refractivity contribution < 1.29 is 0 Å². The van der Waals surface area contributed by atoms with Crippen molar-refractivity contribution >= 4 is 38.9 Å². The van der Waals surface area contributed by atoms with Crippen molar-refractivity contribution in [2.24, 2.45) is 11.8 Å². The lowest BCUT2D eigenvalue weighted by Gasteiger charge is -2.36. The summed E-state index contributed by atoms with van der Waals surface area (Å²) in [5.74, 6) is 1.54. The summed E-state index contributed by atoms with van der Waals surface area (Å²) in [6.07, 6.45) is 5.35. The molecule has 1 aromatic heterocycles. The van der Waals surface area contributed by atoms with Gasteiger partial charge in [-0.1, -0.05) is 176 Å². The Kier molecular flexibility index (Phi) is 8.24. The number of fused-ring (bicyclic) bond motifs is 11. The highest BCUT2D eigenvalue weighted by atomic mass is 15.1. The Morgan fingerprint density at radius 1 is 0.413 bits per heavy atom. The zero-order valence-corrected chi connectivity index (χ0v) is 35.2. The quantitative estimate of drug-likeness (QED) is 0.156. The van der Waals surface area contributed by atoms with E-state index in [0.717, 1.165) is 23.0 Å². The number of hydrogen-bond donors (Lipinski definition) is 0. The van der Waals surface area contributed by atoms with E-state index >= 15 is 0 Å². The molecule has 2 bridgehead atoms. The van der Waals surface area contributed by atoms with Gasteiger partial charge in [0.25, 0.3) is 0 Å². The van der Waals surface area contributed by atoms with E-state index in [0.29, 0.717) is 5.92 Å². The normalized spacial score (nSPS) is 18.3. The van der Waals surface area contributed by atoms with Gasteiger partial charge in [-0.05, 0) is 130 Å². The number of anilines is 3. The van der Waals surface area contributed by atoms with Gasteiger partial charge in [-0.2, -0.15) is 0 Å². The highest BCUT2D eigenvalue weighted by molar-refractivity contribution is 6.11. The Bertz CT molecular complexity index is 3380. The Morgan fingerprint density at radius 2 is 0.984 bits per heavy atom. The lowest BCUT2D eigenvalue weighted by molar-refractivity contribution is 0.327. The van der Waals surface area contributed by atoms with Gasteiger partial charge in [0.1, 0.15) is 0 Å². The van der Waals surface area contributed by atoms with Crippen molar-refractivity contribution in [3.05, 3.63) is 230 Å². The van der Waals surface area contributed by atoms with E-state index in [9.17, 15) is 0 Å². The number of aromatic nitrogens is 1. The van der Waals surface area contributed by atoms with E-state index in [2.05, 4.69) is 228 Å². The monoisotopic (exact) mass is 806 g/mol. The predicted octanol–water partition coefficient (Wildman–Crippen LogP) is 16.3. The van der Waals surface area contributed by atoms with Crippen LogP contribution in [0.4, 0.5) is 17.1 Å². The third kappa shape index (κ3) is 5.50. The van der Waals surface area contributed by atoms with Gasteiger partial charge in [0, 0.05) is 38.8 Å². The third-order valence-electron chi connectivity index (χ3n) is 14.9. The maximum atomic E-state index is 2.54. The van der Waals surface area contributed by atoms with E-state index in [-0.39, 0.29) is 5.41 Å². The van der Waals surface area contributed by atoms with Gasteiger partial charge >= 0.3 is 0 Å². The number of para-hydroxylation sites is 3. The molecule has 0 amide bonds. The molecule has 300 valence electrons. The molecule has 2 heteroatoms. The standard InChI is InChI=1S/C61H46N2/c1-3-17-42(18-4-1)47-21-7-8-22-48(47)49-23-9-10-24-50(49)52-26-12-15-29-58(52)62(46-33-35-54-53-27-13-16-30-59(53)63(60(54)39-46)44-19-5-2-6-20-44)45-34-36-57-55(38-45)51-25-11-14-28-56(51)61(57)40-41-31-32-43(61)37-41/h1-30,33-36,38-39,41,43H,31-32,37,40H2. The molecule has 10 aromatic rings. The molecule has 1 heterocycles. The van der Waals surface area contributed by atoms with Crippen molar-refractivity contribution in [1.29, 1.82) is 0 Å². The van der Waals surface area contributed by atoms with Crippen LogP contribution < -0.4 is 4.90 Å². The Labute approximate surface area is 369 Å². The van der Waals surface area contributed by atoms with Crippen LogP contribution in [0.5, 0.6) is 0 Å². The molecule has 0 radical (unpaired) electrons. The molecule has 3 aliphatic rings. The average molecular weight is 807 g/mol. The Balaban J connectivity index is 1.06. The van der Waals surface area contributed by atoms with Gasteiger partial charge in [-0.15, -0.1) is 0 Å². The van der Waals surface area contributed by atoms with E-state index in [1.54, 1.807) is 5.56 Å². The van der Waals surface area contributed by atoms with Crippen LogP contribution in [-0.4, -0.2) is 4.57 Å². The zero-order valence-electron chi connectivity index (χ0n) is 35.2. The second-order valence-corrected chi connectivity index (χ2v) is 18.0.